The standard InChI is InChI=1S/C17H31N3/c1-5-13(2)20-9-7-16(19-20)10-15-11-17(3,4)8-6-14(15)12-18/h7,9,13-15H,5-6,8,10-12,18H2,1-4H3. The fourth-order valence-corrected chi connectivity index (χ4v) is 3.53. The van der Waals surface area contributed by atoms with Gasteiger partial charge in [-0.1, -0.05) is 20.8 Å². The van der Waals surface area contributed by atoms with E-state index in [0.29, 0.717) is 23.3 Å². The zero-order valence-electron chi connectivity index (χ0n) is 13.6. The van der Waals surface area contributed by atoms with E-state index in [9.17, 15) is 0 Å². The molecule has 1 aromatic heterocycles. The van der Waals surface area contributed by atoms with Crippen molar-refractivity contribution in [2.75, 3.05) is 6.54 Å². The first-order valence-electron chi connectivity index (χ1n) is 8.19. The topological polar surface area (TPSA) is 43.8 Å². The maximum absolute atomic E-state index is 5.99. The molecule has 114 valence electrons. The molecule has 1 fully saturated rings. The Balaban J connectivity index is 2.04. The summed E-state index contributed by atoms with van der Waals surface area (Å²) in [5.41, 5.74) is 7.70. The molecule has 0 radical (unpaired) electrons. The second kappa shape index (κ2) is 6.30. The molecule has 0 amide bonds. The quantitative estimate of drug-likeness (QED) is 0.889. The third kappa shape index (κ3) is 3.63. The Morgan fingerprint density at radius 1 is 1.45 bits per heavy atom. The molecule has 2 N–H and O–H groups in total. The van der Waals surface area contributed by atoms with Crippen LogP contribution in [0.1, 0.15) is 65.1 Å². The van der Waals surface area contributed by atoms with Crippen molar-refractivity contribution in [3.63, 3.8) is 0 Å². The molecule has 3 heteroatoms. The molecule has 3 nitrogen and oxygen atoms in total. The predicted molar refractivity (Wildman–Crippen MR) is 84.6 cm³/mol. The molecular weight excluding hydrogens is 246 g/mol. The van der Waals surface area contributed by atoms with Crippen molar-refractivity contribution >= 4 is 0 Å². The second-order valence-electron chi connectivity index (χ2n) is 7.41. The summed E-state index contributed by atoms with van der Waals surface area (Å²) < 4.78 is 2.11. The number of rotatable bonds is 5. The van der Waals surface area contributed by atoms with Crippen LogP contribution in [0.15, 0.2) is 12.3 Å². The molecule has 0 bridgehead atoms. The number of aromatic nitrogens is 2. The van der Waals surface area contributed by atoms with Gasteiger partial charge in [0.25, 0.3) is 0 Å². The molecule has 20 heavy (non-hydrogen) atoms. The van der Waals surface area contributed by atoms with E-state index < -0.39 is 0 Å². The monoisotopic (exact) mass is 277 g/mol. The summed E-state index contributed by atoms with van der Waals surface area (Å²) in [5.74, 6) is 1.38. The van der Waals surface area contributed by atoms with Gasteiger partial charge in [-0.25, -0.2) is 0 Å². The van der Waals surface area contributed by atoms with Gasteiger partial charge in [0.1, 0.15) is 0 Å². The molecule has 1 heterocycles. The molecular formula is C17H31N3. The van der Waals surface area contributed by atoms with E-state index in [1.54, 1.807) is 0 Å². The normalized spacial score (nSPS) is 27.4. The van der Waals surface area contributed by atoms with E-state index in [1.807, 2.05) is 0 Å². The Hall–Kier alpha value is -0.830. The van der Waals surface area contributed by atoms with Crippen molar-refractivity contribution in [1.29, 1.82) is 0 Å². The van der Waals surface area contributed by atoms with Gasteiger partial charge in [0.05, 0.1) is 5.69 Å². The van der Waals surface area contributed by atoms with Crippen LogP contribution in [0.5, 0.6) is 0 Å². The lowest BCUT2D eigenvalue weighted by atomic mass is 9.66. The molecule has 0 spiro atoms. The van der Waals surface area contributed by atoms with Crippen LogP contribution < -0.4 is 5.73 Å². The molecule has 1 aliphatic rings. The Morgan fingerprint density at radius 2 is 2.20 bits per heavy atom. The van der Waals surface area contributed by atoms with Gasteiger partial charge in [0, 0.05) is 12.2 Å². The average molecular weight is 277 g/mol. The van der Waals surface area contributed by atoms with Crippen LogP contribution >= 0.6 is 0 Å². The largest absolute Gasteiger partial charge is 0.330 e. The molecule has 1 saturated carbocycles. The van der Waals surface area contributed by atoms with Crippen molar-refractivity contribution in [2.24, 2.45) is 23.0 Å². The first-order chi connectivity index (χ1) is 9.45. The molecule has 2 rings (SSSR count). The number of nitrogens with two attached hydrogens (primary N) is 1. The zero-order valence-corrected chi connectivity index (χ0v) is 13.6. The van der Waals surface area contributed by atoms with Crippen LogP contribution in [-0.4, -0.2) is 16.3 Å². The highest BCUT2D eigenvalue weighted by Crippen LogP contribution is 2.42. The Morgan fingerprint density at radius 3 is 2.85 bits per heavy atom. The van der Waals surface area contributed by atoms with E-state index in [-0.39, 0.29) is 0 Å². The fourth-order valence-electron chi connectivity index (χ4n) is 3.53. The lowest BCUT2D eigenvalue weighted by molar-refractivity contribution is 0.120. The highest BCUT2D eigenvalue weighted by atomic mass is 15.3. The van der Waals surface area contributed by atoms with Crippen LogP contribution in [0.4, 0.5) is 0 Å². The minimum absolute atomic E-state index is 0.468. The van der Waals surface area contributed by atoms with E-state index in [0.717, 1.165) is 19.4 Å². The van der Waals surface area contributed by atoms with E-state index >= 15 is 0 Å². The molecule has 3 atom stereocenters. The summed E-state index contributed by atoms with van der Waals surface area (Å²) in [5, 5.41) is 4.77. The summed E-state index contributed by atoms with van der Waals surface area (Å²) >= 11 is 0. The van der Waals surface area contributed by atoms with Gasteiger partial charge in [-0.15, -0.1) is 0 Å². The van der Waals surface area contributed by atoms with Crippen molar-refractivity contribution < 1.29 is 0 Å². The summed E-state index contributed by atoms with van der Waals surface area (Å²) in [6.07, 6.45) is 8.23. The van der Waals surface area contributed by atoms with Gasteiger partial charge in [-0.3, -0.25) is 4.68 Å². The van der Waals surface area contributed by atoms with Crippen molar-refractivity contribution in [3.8, 4) is 0 Å². The highest BCUT2D eigenvalue weighted by Gasteiger charge is 2.34. The van der Waals surface area contributed by atoms with Gasteiger partial charge in [0.2, 0.25) is 0 Å². The van der Waals surface area contributed by atoms with Gasteiger partial charge in [-0.05, 0) is 68.9 Å². The van der Waals surface area contributed by atoms with Crippen molar-refractivity contribution in [2.45, 2.75) is 65.8 Å². The molecule has 3 unspecified atom stereocenters. The Kier molecular flexibility index (Phi) is 4.90. The minimum Gasteiger partial charge on any atom is -0.330 e. The van der Waals surface area contributed by atoms with Gasteiger partial charge >= 0.3 is 0 Å². The van der Waals surface area contributed by atoms with Gasteiger partial charge in [-0.2, -0.15) is 5.10 Å². The fraction of sp³-hybridized carbons (Fsp3) is 0.824. The average Bonchev–Trinajstić information content (AvgIpc) is 2.86. The molecule has 0 aromatic carbocycles. The molecule has 0 aliphatic heterocycles. The smallest absolute Gasteiger partial charge is 0.0627 e. The minimum atomic E-state index is 0.468. The van der Waals surface area contributed by atoms with Crippen molar-refractivity contribution in [3.05, 3.63) is 18.0 Å². The van der Waals surface area contributed by atoms with Gasteiger partial charge in [0.15, 0.2) is 0 Å². The molecule has 1 aliphatic carbocycles. The summed E-state index contributed by atoms with van der Waals surface area (Å²) in [7, 11) is 0. The number of nitrogens with zero attached hydrogens (tertiary/aromatic N) is 2. The third-order valence-electron chi connectivity index (χ3n) is 5.15. The van der Waals surface area contributed by atoms with Crippen LogP contribution in [0.25, 0.3) is 0 Å². The van der Waals surface area contributed by atoms with Crippen LogP contribution in [0.3, 0.4) is 0 Å². The number of hydrogen-bond acceptors (Lipinski definition) is 2. The van der Waals surface area contributed by atoms with Crippen LogP contribution in [0, 0.1) is 17.3 Å². The van der Waals surface area contributed by atoms with E-state index in [1.165, 1.54) is 25.0 Å². The maximum Gasteiger partial charge on any atom is 0.0627 e. The number of hydrogen-bond donors (Lipinski definition) is 1. The highest BCUT2D eigenvalue weighted by molar-refractivity contribution is 5.03. The van der Waals surface area contributed by atoms with E-state index in [4.69, 9.17) is 10.8 Å². The Bertz CT molecular complexity index is 422. The van der Waals surface area contributed by atoms with Crippen LogP contribution in [0.2, 0.25) is 0 Å². The second-order valence-corrected chi connectivity index (χ2v) is 7.41. The Labute approximate surface area is 123 Å². The maximum atomic E-state index is 5.99. The van der Waals surface area contributed by atoms with Crippen molar-refractivity contribution in [1.82, 2.24) is 9.78 Å². The third-order valence-corrected chi connectivity index (χ3v) is 5.15. The SMILES string of the molecule is CCC(C)n1ccc(CC2CC(C)(C)CCC2CN)n1. The first-order valence-corrected chi connectivity index (χ1v) is 8.19. The summed E-state index contributed by atoms with van der Waals surface area (Å²) in [4.78, 5) is 0. The molecule has 1 aromatic rings. The van der Waals surface area contributed by atoms with E-state index in [2.05, 4.69) is 44.6 Å². The molecule has 0 saturated heterocycles. The zero-order chi connectivity index (χ0) is 14.8. The summed E-state index contributed by atoms with van der Waals surface area (Å²) in [6.45, 7) is 10.0. The first kappa shape index (κ1) is 15.6. The lowest BCUT2D eigenvalue weighted by Gasteiger charge is -2.40. The summed E-state index contributed by atoms with van der Waals surface area (Å²) in [6, 6.07) is 2.69. The lowest BCUT2D eigenvalue weighted by Crippen LogP contribution is -2.35. The van der Waals surface area contributed by atoms with Crippen LogP contribution in [-0.2, 0) is 6.42 Å². The van der Waals surface area contributed by atoms with Gasteiger partial charge < -0.3 is 5.73 Å². The predicted octanol–water partition coefficient (Wildman–Crippen LogP) is 3.80.